The van der Waals surface area contributed by atoms with Crippen LogP contribution in [0, 0.1) is 0 Å². The number of hydrogen-bond donors (Lipinski definition) is 2. The number of anilines is 2. The Bertz CT molecular complexity index is 883. The maximum absolute atomic E-state index is 12.7. The quantitative estimate of drug-likeness (QED) is 0.395. The Labute approximate surface area is 184 Å². The van der Waals surface area contributed by atoms with Gasteiger partial charge in [0, 0.05) is 10.6 Å². The molecule has 150 valence electrons. The third-order valence-electron chi connectivity index (χ3n) is 4.56. The summed E-state index contributed by atoms with van der Waals surface area (Å²) in [5, 5.41) is 8.34. The summed E-state index contributed by atoms with van der Waals surface area (Å²) in [7, 11) is 0. The number of hydrogen-bond acceptors (Lipinski definition) is 4. The van der Waals surface area contributed by atoms with Crippen molar-refractivity contribution in [2.24, 2.45) is 0 Å². The van der Waals surface area contributed by atoms with E-state index in [2.05, 4.69) is 10.6 Å². The summed E-state index contributed by atoms with van der Waals surface area (Å²) < 4.78 is 5.33. The van der Waals surface area contributed by atoms with Gasteiger partial charge >= 0.3 is 5.97 Å². The number of esters is 1. The van der Waals surface area contributed by atoms with Crippen LogP contribution in [0.25, 0.3) is 0 Å². The Kier molecular flexibility index (Phi) is 7.57. The van der Waals surface area contributed by atoms with Gasteiger partial charge in [-0.25, -0.2) is 4.79 Å². The molecule has 28 heavy (non-hydrogen) atoms. The van der Waals surface area contributed by atoms with Gasteiger partial charge in [0.25, 0.3) is 0 Å². The second-order valence-electron chi connectivity index (χ2n) is 6.55. The number of carbonyl (C=O) groups excluding carboxylic acids is 1. The molecular formula is C20H22Cl2N2O2S2. The predicted molar refractivity (Wildman–Crippen MR) is 122 cm³/mol. The molecule has 0 radical (unpaired) electrons. The number of aryl methyl sites for hydroxylation is 1. The first kappa shape index (κ1) is 21.4. The molecule has 1 aromatic heterocycles. The first-order chi connectivity index (χ1) is 13.5. The Morgan fingerprint density at radius 1 is 1.14 bits per heavy atom. The van der Waals surface area contributed by atoms with Crippen LogP contribution in [0.1, 0.15) is 53.4 Å². The molecule has 0 saturated carbocycles. The summed E-state index contributed by atoms with van der Waals surface area (Å²) in [6.45, 7) is 2.16. The number of halogens is 2. The van der Waals surface area contributed by atoms with Gasteiger partial charge in [-0.3, -0.25) is 0 Å². The van der Waals surface area contributed by atoms with Crippen LogP contribution in [-0.2, 0) is 17.6 Å². The molecule has 1 aliphatic carbocycles. The second kappa shape index (κ2) is 9.92. The maximum atomic E-state index is 12.7. The molecule has 4 nitrogen and oxygen atoms in total. The lowest BCUT2D eigenvalue weighted by atomic mass is 9.96. The summed E-state index contributed by atoms with van der Waals surface area (Å²) in [4.78, 5) is 13.9. The normalized spacial score (nSPS) is 13.8. The van der Waals surface area contributed by atoms with Gasteiger partial charge in [0.1, 0.15) is 5.00 Å². The van der Waals surface area contributed by atoms with Crippen molar-refractivity contribution in [3.05, 3.63) is 44.2 Å². The lowest BCUT2D eigenvalue weighted by Crippen LogP contribution is -2.20. The lowest BCUT2D eigenvalue weighted by Gasteiger charge is -2.13. The van der Waals surface area contributed by atoms with E-state index in [1.165, 1.54) is 17.7 Å². The molecule has 2 aromatic rings. The van der Waals surface area contributed by atoms with Crippen molar-refractivity contribution in [1.82, 2.24) is 0 Å². The zero-order valence-corrected chi connectivity index (χ0v) is 18.7. The van der Waals surface area contributed by atoms with Crippen LogP contribution in [-0.4, -0.2) is 17.7 Å². The summed E-state index contributed by atoms with van der Waals surface area (Å²) in [5.41, 5.74) is 2.46. The van der Waals surface area contributed by atoms with E-state index in [0.717, 1.165) is 41.9 Å². The number of rotatable bonds is 4. The third kappa shape index (κ3) is 5.17. The van der Waals surface area contributed by atoms with E-state index in [4.69, 9.17) is 40.2 Å². The van der Waals surface area contributed by atoms with E-state index in [-0.39, 0.29) is 5.97 Å². The van der Waals surface area contributed by atoms with Crippen molar-refractivity contribution in [3.63, 3.8) is 0 Å². The average molecular weight is 457 g/mol. The van der Waals surface area contributed by atoms with Crippen molar-refractivity contribution >= 4 is 68.5 Å². The van der Waals surface area contributed by atoms with E-state index < -0.39 is 0 Å². The predicted octanol–water partition coefficient (Wildman–Crippen LogP) is 6.70. The number of nitrogens with one attached hydrogen (secondary N) is 2. The molecule has 0 amide bonds. The zero-order valence-electron chi connectivity index (χ0n) is 15.6. The van der Waals surface area contributed by atoms with Crippen molar-refractivity contribution in [2.45, 2.75) is 45.4 Å². The number of ether oxygens (including phenoxy) is 1. The molecule has 2 N–H and O–H groups in total. The van der Waals surface area contributed by atoms with Crippen LogP contribution in [0.4, 0.5) is 10.7 Å². The van der Waals surface area contributed by atoms with Crippen LogP contribution in [0.2, 0.25) is 10.0 Å². The highest BCUT2D eigenvalue weighted by molar-refractivity contribution is 7.80. The molecule has 0 saturated heterocycles. The second-order valence-corrected chi connectivity index (χ2v) is 8.88. The summed E-state index contributed by atoms with van der Waals surface area (Å²) in [5.74, 6) is -0.291. The van der Waals surface area contributed by atoms with E-state index in [1.54, 1.807) is 29.5 Å². The van der Waals surface area contributed by atoms with E-state index in [1.807, 2.05) is 6.92 Å². The van der Waals surface area contributed by atoms with Crippen molar-refractivity contribution in [3.8, 4) is 0 Å². The van der Waals surface area contributed by atoms with Gasteiger partial charge in [-0.15, -0.1) is 11.3 Å². The Balaban J connectivity index is 1.84. The molecule has 0 fully saturated rings. The van der Waals surface area contributed by atoms with Gasteiger partial charge in [-0.05, 0) is 68.6 Å². The highest BCUT2D eigenvalue weighted by Crippen LogP contribution is 2.37. The number of benzene rings is 1. The molecule has 8 heteroatoms. The minimum atomic E-state index is -0.291. The molecular weight excluding hydrogens is 435 g/mol. The summed E-state index contributed by atoms with van der Waals surface area (Å²) >= 11 is 19.1. The molecule has 0 bridgehead atoms. The zero-order chi connectivity index (χ0) is 20.1. The molecule has 1 aliphatic rings. The molecule has 0 unspecified atom stereocenters. The van der Waals surface area contributed by atoms with Gasteiger partial charge in [0.2, 0.25) is 0 Å². The Morgan fingerprint density at radius 3 is 2.61 bits per heavy atom. The largest absolute Gasteiger partial charge is 0.462 e. The smallest absolute Gasteiger partial charge is 0.341 e. The third-order valence-corrected chi connectivity index (χ3v) is 6.71. The Hall–Kier alpha value is -1.34. The average Bonchev–Trinajstić information content (AvgIpc) is 2.94. The van der Waals surface area contributed by atoms with Crippen LogP contribution >= 0.6 is 46.8 Å². The minimum Gasteiger partial charge on any atom is -0.462 e. The standard InChI is InChI=1S/C20H22Cl2N2O2S2/c1-2-26-19(25)17-13-7-5-3-4-6-8-16(13)28-18(17)24-20(27)23-12-9-10-14(21)15(22)11-12/h9-11H,2-8H2,1H3,(H2,23,24,27). The van der Waals surface area contributed by atoms with E-state index in [9.17, 15) is 4.79 Å². The van der Waals surface area contributed by atoms with Crippen LogP contribution in [0.5, 0.6) is 0 Å². The fraction of sp³-hybridized carbons (Fsp3) is 0.400. The highest BCUT2D eigenvalue weighted by atomic mass is 35.5. The van der Waals surface area contributed by atoms with E-state index >= 15 is 0 Å². The van der Waals surface area contributed by atoms with Crippen molar-refractivity contribution in [2.75, 3.05) is 17.2 Å². The number of carbonyl (C=O) groups is 1. The first-order valence-corrected chi connectivity index (χ1v) is 11.3. The van der Waals surface area contributed by atoms with E-state index in [0.29, 0.717) is 27.3 Å². The lowest BCUT2D eigenvalue weighted by molar-refractivity contribution is 0.0526. The van der Waals surface area contributed by atoms with Gasteiger partial charge in [-0.1, -0.05) is 36.0 Å². The van der Waals surface area contributed by atoms with Gasteiger partial charge in [-0.2, -0.15) is 0 Å². The summed E-state index contributed by atoms with van der Waals surface area (Å²) in [6.07, 6.45) is 6.53. The van der Waals surface area contributed by atoms with Crippen LogP contribution < -0.4 is 10.6 Å². The molecule has 0 spiro atoms. The number of thiophene rings is 1. The molecule has 3 rings (SSSR count). The Morgan fingerprint density at radius 2 is 1.89 bits per heavy atom. The molecule has 0 atom stereocenters. The maximum Gasteiger partial charge on any atom is 0.341 e. The first-order valence-electron chi connectivity index (χ1n) is 9.34. The van der Waals surface area contributed by atoms with Gasteiger partial charge in [0.05, 0.1) is 22.2 Å². The highest BCUT2D eigenvalue weighted by Gasteiger charge is 2.25. The van der Waals surface area contributed by atoms with Gasteiger partial charge in [0.15, 0.2) is 5.11 Å². The fourth-order valence-electron chi connectivity index (χ4n) is 3.27. The van der Waals surface area contributed by atoms with Crippen LogP contribution in [0.15, 0.2) is 18.2 Å². The van der Waals surface area contributed by atoms with Crippen molar-refractivity contribution < 1.29 is 9.53 Å². The van der Waals surface area contributed by atoms with Crippen LogP contribution in [0.3, 0.4) is 0 Å². The minimum absolute atomic E-state index is 0.291. The van der Waals surface area contributed by atoms with Crippen molar-refractivity contribution in [1.29, 1.82) is 0 Å². The molecule has 1 heterocycles. The monoisotopic (exact) mass is 456 g/mol. The fourth-order valence-corrected chi connectivity index (χ4v) is 5.13. The summed E-state index contributed by atoms with van der Waals surface area (Å²) in [6, 6.07) is 5.20. The molecule has 0 aliphatic heterocycles. The number of thiocarbonyl (C=S) groups is 1. The van der Waals surface area contributed by atoms with Gasteiger partial charge < -0.3 is 15.4 Å². The topological polar surface area (TPSA) is 50.4 Å². The molecule has 1 aromatic carbocycles. The SMILES string of the molecule is CCOC(=O)c1c(NC(=S)Nc2ccc(Cl)c(Cl)c2)sc2c1CCCCCC2. The number of fused-ring (bicyclic) bond motifs is 1.